The number of hydrogen-bond donors (Lipinski definition) is 0. The monoisotopic (exact) mass is 359 g/mol. The molecule has 138 valence electrons. The first-order valence-electron chi connectivity index (χ1n) is 8.67. The van der Waals surface area contributed by atoms with Gasteiger partial charge in [-0.25, -0.2) is 4.79 Å². The maximum atomic E-state index is 12.9. The van der Waals surface area contributed by atoms with Gasteiger partial charge >= 0.3 is 5.69 Å². The van der Waals surface area contributed by atoms with Gasteiger partial charge in [-0.3, -0.25) is 23.1 Å². The summed E-state index contributed by atoms with van der Waals surface area (Å²) >= 11 is 0. The third-order valence-electron chi connectivity index (χ3n) is 4.93. The molecule has 3 aromatic heterocycles. The Balaban J connectivity index is 1.98. The maximum Gasteiger partial charge on any atom is 0.332 e. The molecule has 1 atom stereocenters. The number of carbonyl (C=O) groups excluding carboxylic acids is 1. The van der Waals surface area contributed by atoms with E-state index >= 15 is 0 Å². The lowest BCUT2D eigenvalue weighted by Gasteiger charge is -2.11. The molecule has 0 bridgehead atoms. The van der Waals surface area contributed by atoms with Gasteiger partial charge in [0.1, 0.15) is 5.78 Å². The molecule has 26 heavy (non-hydrogen) atoms. The zero-order valence-corrected chi connectivity index (χ0v) is 15.1. The van der Waals surface area contributed by atoms with Crippen LogP contribution in [0.2, 0.25) is 0 Å². The molecule has 0 radical (unpaired) electrons. The molecule has 1 saturated heterocycles. The van der Waals surface area contributed by atoms with Gasteiger partial charge in [0.25, 0.3) is 5.56 Å². The van der Waals surface area contributed by atoms with Crippen LogP contribution in [0.5, 0.6) is 0 Å². The summed E-state index contributed by atoms with van der Waals surface area (Å²) in [4.78, 5) is 41.4. The highest BCUT2D eigenvalue weighted by Gasteiger charge is 2.23. The number of imidazole rings is 2. The molecule has 0 spiro atoms. The topological polar surface area (TPSA) is 92.5 Å². The van der Waals surface area contributed by atoms with Crippen LogP contribution in [0.15, 0.2) is 15.8 Å². The van der Waals surface area contributed by atoms with E-state index in [1.54, 1.807) is 11.4 Å². The van der Waals surface area contributed by atoms with Crippen molar-refractivity contribution in [3.8, 4) is 0 Å². The molecule has 0 aromatic carbocycles. The normalized spacial score (nSPS) is 17.6. The fraction of sp³-hybridized carbons (Fsp3) is 0.529. The quantitative estimate of drug-likeness (QED) is 0.665. The molecule has 3 aromatic rings. The number of fused-ring (bicyclic) bond motifs is 3. The molecule has 1 aliphatic heterocycles. The van der Waals surface area contributed by atoms with E-state index in [4.69, 9.17) is 4.74 Å². The Hall–Kier alpha value is -2.68. The van der Waals surface area contributed by atoms with Crippen molar-refractivity contribution >= 4 is 22.7 Å². The number of carbonyl (C=O) groups is 1. The number of aromatic nitrogens is 5. The van der Waals surface area contributed by atoms with E-state index in [-0.39, 0.29) is 18.4 Å². The summed E-state index contributed by atoms with van der Waals surface area (Å²) in [6, 6.07) is 0. The first-order valence-corrected chi connectivity index (χ1v) is 8.67. The number of ether oxygens (including phenoxy) is 1. The second kappa shape index (κ2) is 5.94. The fourth-order valence-electron chi connectivity index (χ4n) is 3.63. The zero-order chi connectivity index (χ0) is 18.6. The third kappa shape index (κ3) is 2.42. The van der Waals surface area contributed by atoms with Gasteiger partial charge in [0.2, 0.25) is 5.78 Å². The maximum absolute atomic E-state index is 12.9. The molecule has 4 rings (SSSR count). The number of Topliss-reactive ketones (excluding diaryl/α,β-unsaturated/α-hetero) is 1. The predicted octanol–water partition coefficient (Wildman–Crippen LogP) is 0.226. The van der Waals surface area contributed by atoms with Crippen molar-refractivity contribution in [1.29, 1.82) is 0 Å². The van der Waals surface area contributed by atoms with Gasteiger partial charge in [-0.15, -0.1) is 0 Å². The largest absolute Gasteiger partial charge is 0.376 e. The molecule has 0 aliphatic carbocycles. The van der Waals surface area contributed by atoms with E-state index in [1.165, 1.54) is 11.5 Å². The Kier molecular flexibility index (Phi) is 3.83. The van der Waals surface area contributed by atoms with Gasteiger partial charge < -0.3 is 9.30 Å². The highest BCUT2D eigenvalue weighted by atomic mass is 16.5. The minimum atomic E-state index is -0.541. The van der Waals surface area contributed by atoms with Crippen LogP contribution < -0.4 is 11.2 Å². The number of ketones is 1. The number of hydrogen-bond acceptors (Lipinski definition) is 5. The predicted molar refractivity (Wildman–Crippen MR) is 94.6 cm³/mol. The average Bonchev–Trinajstić information content (AvgIpc) is 3.28. The SMILES string of the molecule is CC(=O)Cn1c(=O)c2c(nc3n(C[C@H]4CCCO4)c(C)cn23)n(C)c1=O. The average molecular weight is 359 g/mol. The lowest BCUT2D eigenvalue weighted by atomic mass is 10.2. The van der Waals surface area contributed by atoms with E-state index in [2.05, 4.69) is 4.98 Å². The van der Waals surface area contributed by atoms with Crippen LogP contribution in [0.25, 0.3) is 16.9 Å². The lowest BCUT2D eigenvalue weighted by molar-refractivity contribution is -0.117. The van der Waals surface area contributed by atoms with Crippen LogP contribution in [0.4, 0.5) is 0 Å². The smallest absolute Gasteiger partial charge is 0.332 e. The summed E-state index contributed by atoms with van der Waals surface area (Å²) in [7, 11) is 1.56. The van der Waals surface area contributed by atoms with Crippen molar-refractivity contribution in [2.24, 2.45) is 7.05 Å². The van der Waals surface area contributed by atoms with E-state index in [0.717, 1.165) is 29.7 Å². The van der Waals surface area contributed by atoms with Crippen molar-refractivity contribution in [3.63, 3.8) is 0 Å². The molecule has 0 N–H and O–H groups in total. The van der Waals surface area contributed by atoms with Crippen LogP contribution in [-0.2, 0) is 29.7 Å². The van der Waals surface area contributed by atoms with Crippen molar-refractivity contribution in [1.82, 2.24) is 23.1 Å². The number of rotatable bonds is 4. The fourth-order valence-corrected chi connectivity index (χ4v) is 3.63. The number of nitrogens with zero attached hydrogens (tertiary/aromatic N) is 5. The van der Waals surface area contributed by atoms with E-state index < -0.39 is 11.2 Å². The zero-order valence-electron chi connectivity index (χ0n) is 15.1. The van der Waals surface area contributed by atoms with E-state index in [9.17, 15) is 14.4 Å². The Labute approximate surface area is 148 Å². The Morgan fingerprint density at radius 2 is 2.12 bits per heavy atom. The molecule has 0 unspecified atom stereocenters. The van der Waals surface area contributed by atoms with Gasteiger partial charge in [-0.2, -0.15) is 4.98 Å². The highest BCUT2D eigenvalue weighted by molar-refractivity contribution is 5.78. The minimum Gasteiger partial charge on any atom is -0.376 e. The Bertz CT molecular complexity index is 1140. The van der Waals surface area contributed by atoms with Crippen LogP contribution >= 0.6 is 0 Å². The summed E-state index contributed by atoms with van der Waals surface area (Å²) in [6.45, 7) is 4.48. The van der Waals surface area contributed by atoms with Gasteiger partial charge in [-0.05, 0) is 26.7 Å². The summed E-state index contributed by atoms with van der Waals surface area (Å²) in [5.41, 5.74) is 0.533. The van der Waals surface area contributed by atoms with Crippen LogP contribution in [0.3, 0.4) is 0 Å². The molecule has 9 heteroatoms. The highest BCUT2D eigenvalue weighted by Crippen LogP contribution is 2.20. The summed E-state index contributed by atoms with van der Waals surface area (Å²) in [5.74, 6) is 0.345. The Morgan fingerprint density at radius 1 is 1.35 bits per heavy atom. The lowest BCUT2D eigenvalue weighted by Crippen LogP contribution is -2.40. The van der Waals surface area contributed by atoms with Crippen LogP contribution in [0.1, 0.15) is 25.5 Å². The van der Waals surface area contributed by atoms with E-state index in [0.29, 0.717) is 23.5 Å². The van der Waals surface area contributed by atoms with E-state index in [1.807, 2.05) is 17.7 Å². The van der Waals surface area contributed by atoms with Gasteiger partial charge in [0.15, 0.2) is 11.2 Å². The standard InChI is InChI=1S/C17H21N5O4/c1-10-7-21-13-14(18-16(21)20(10)9-12-5-4-6-26-12)19(3)17(25)22(15(13)24)8-11(2)23/h7,12H,4-6,8-9H2,1-3H3/t12-/m1/s1. The Morgan fingerprint density at radius 3 is 2.77 bits per heavy atom. The molecule has 4 heterocycles. The molecule has 1 aliphatic rings. The minimum absolute atomic E-state index is 0.128. The second-order valence-electron chi connectivity index (χ2n) is 6.91. The van der Waals surface area contributed by atoms with Gasteiger partial charge in [0.05, 0.1) is 19.2 Å². The number of aryl methyl sites for hydroxylation is 2. The second-order valence-corrected chi connectivity index (χ2v) is 6.91. The van der Waals surface area contributed by atoms with Crippen molar-refractivity contribution < 1.29 is 9.53 Å². The molecular weight excluding hydrogens is 338 g/mol. The molecule has 1 fully saturated rings. The molecule has 9 nitrogen and oxygen atoms in total. The molecular formula is C17H21N5O4. The van der Waals surface area contributed by atoms with Gasteiger partial charge in [-0.1, -0.05) is 0 Å². The molecule has 0 saturated carbocycles. The summed E-state index contributed by atoms with van der Waals surface area (Å²) in [6.07, 6.45) is 4.00. The van der Waals surface area contributed by atoms with Gasteiger partial charge in [0, 0.05) is 25.5 Å². The third-order valence-corrected chi connectivity index (χ3v) is 4.93. The van der Waals surface area contributed by atoms with Crippen molar-refractivity contribution in [2.75, 3.05) is 6.61 Å². The van der Waals surface area contributed by atoms with Crippen LogP contribution in [-0.4, -0.2) is 41.6 Å². The molecule has 0 amide bonds. The summed E-state index contributed by atoms with van der Waals surface area (Å²) < 4.78 is 11.7. The first-order chi connectivity index (χ1) is 12.4. The van der Waals surface area contributed by atoms with Crippen molar-refractivity contribution in [2.45, 2.75) is 45.9 Å². The summed E-state index contributed by atoms with van der Waals surface area (Å²) in [5, 5.41) is 0. The van der Waals surface area contributed by atoms with Crippen LogP contribution in [0, 0.1) is 6.92 Å². The van der Waals surface area contributed by atoms with Crippen molar-refractivity contribution in [3.05, 3.63) is 32.7 Å². The first kappa shape index (κ1) is 16.8.